The number of ether oxygens (including phenoxy) is 3. The van der Waals surface area contributed by atoms with Gasteiger partial charge in [0.05, 0.1) is 25.2 Å². The Labute approximate surface area is 210 Å². The second kappa shape index (κ2) is 11.3. The van der Waals surface area contributed by atoms with E-state index in [1.807, 2.05) is 13.0 Å². The molecule has 0 aliphatic rings. The van der Waals surface area contributed by atoms with Crippen molar-refractivity contribution < 1.29 is 27.4 Å². The van der Waals surface area contributed by atoms with E-state index in [0.29, 0.717) is 33.5 Å². The summed E-state index contributed by atoms with van der Waals surface area (Å²) in [6.07, 6.45) is 0. The fourth-order valence-corrected chi connectivity index (χ4v) is 4.58. The van der Waals surface area contributed by atoms with Crippen molar-refractivity contribution in [1.29, 1.82) is 0 Å². The molecule has 0 spiro atoms. The highest BCUT2D eigenvalue weighted by molar-refractivity contribution is 7.92. The Kier molecular flexibility index (Phi) is 8.48. The van der Waals surface area contributed by atoms with Crippen molar-refractivity contribution in [3.05, 3.63) is 76.8 Å². The maximum Gasteiger partial charge on any atom is 0.261 e. The third-order valence-electron chi connectivity index (χ3n) is 5.20. The second-order valence-electron chi connectivity index (χ2n) is 7.73. The van der Waals surface area contributed by atoms with E-state index in [-0.39, 0.29) is 23.5 Å². The molecule has 0 saturated heterocycles. The van der Waals surface area contributed by atoms with Crippen LogP contribution in [0.5, 0.6) is 17.2 Å². The predicted molar refractivity (Wildman–Crippen MR) is 135 cm³/mol. The Hall–Kier alpha value is -3.43. The SMILES string of the molecule is COc1ccc(C(C)NC(=O)COc2ccc(S(=O)(=O)Nc3ccc(Cl)cc3)cc2C)cc1OC. The van der Waals surface area contributed by atoms with E-state index in [1.54, 1.807) is 57.5 Å². The van der Waals surface area contributed by atoms with Crippen molar-refractivity contribution >= 4 is 33.2 Å². The molecule has 2 N–H and O–H groups in total. The maximum absolute atomic E-state index is 12.7. The fourth-order valence-electron chi connectivity index (χ4n) is 3.31. The first-order valence-electron chi connectivity index (χ1n) is 10.7. The summed E-state index contributed by atoms with van der Waals surface area (Å²) in [5, 5.41) is 3.37. The van der Waals surface area contributed by atoms with Crippen molar-refractivity contribution in [2.24, 2.45) is 0 Å². The van der Waals surface area contributed by atoms with Crippen LogP contribution >= 0.6 is 11.6 Å². The Morgan fingerprint density at radius 2 is 1.60 bits per heavy atom. The zero-order valence-corrected chi connectivity index (χ0v) is 21.4. The lowest BCUT2D eigenvalue weighted by Gasteiger charge is -2.17. The van der Waals surface area contributed by atoms with Gasteiger partial charge in [0.15, 0.2) is 18.1 Å². The highest BCUT2D eigenvalue weighted by Gasteiger charge is 2.17. The van der Waals surface area contributed by atoms with E-state index in [4.69, 9.17) is 25.8 Å². The lowest BCUT2D eigenvalue weighted by atomic mass is 10.1. The Bertz CT molecular complexity index is 1300. The number of benzene rings is 3. The summed E-state index contributed by atoms with van der Waals surface area (Å²) in [5.41, 5.74) is 1.81. The van der Waals surface area contributed by atoms with Crippen LogP contribution in [0.2, 0.25) is 5.02 Å². The van der Waals surface area contributed by atoms with Crippen LogP contribution in [0.25, 0.3) is 0 Å². The number of anilines is 1. The molecule has 0 aliphatic heterocycles. The molecule has 3 aromatic rings. The first-order valence-corrected chi connectivity index (χ1v) is 12.5. The predicted octanol–water partition coefficient (Wildman–Crippen LogP) is 4.72. The fraction of sp³-hybridized carbons (Fsp3) is 0.240. The molecular weight excluding hydrogens is 492 g/mol. The summed E-state index contributed by atoms with van der Waals surface area (Å²) in [4.78, 5) is 12.5. The normalized spacial score (nSPS) is 11.9. The van der Waals surface area contributed by atoms with Gasteiger partial charge >= 0.3 is 0 Å². The molecule has 8 nitrogen and oxygen atoms in total. The highest BCUT2D eigenvalue weighted by atomic mass is 35.5. The molecule has 0 heterocycles. The monoisotopic (exact) mass is 518 g/mol. The number of methoxy groups -OCH3 is 2. The third kappa shape index (κ3) is 6.80. The van der Waals surface area contributed by atoms with E-state index in [0.717, 1.165) is 5.56 Å². The number of carbonyl (C=O) groups excluding carboxylic acids is 1. The largest absolute Gasteiger partial charge is 0.493 e. The third-order valence-corrected chi connectivity index (χ3v) is 6.83. The van der Waals surface area contributed by atoms with E-state index in [2.05, 4.69) is 10.0 Å². The van der Waals surface area contributed by atoms with Gasteiger partial charge in [0.2, 0.25) is 0 Å². The van der Waals surface area contributed by atoms with Crippen molar-refractivity contribution in [1.82, 2.24) is 5.32 Å². The Morgan fingerprint density at radius 1 is 0.943 bits per heavy atom. The summed E-state index contributed by atoms with van der Waals surface area (Å²) < 4.78 is 44.1. The zero-order chi connectivity index (χ0) is 25.6. The molecule has 3 rings (SSSR count). The van der Waals surface area contributed by atoms with Gasteiger partial charge in [-0.15, -0.1) is 0 Å². The van der Waals surface area contributed by atoms with Gasteiger partial charge in [0, 0.05) is 10.7 Å². The van der Waals surface area contributed by atoms with E-state index < -0.39 is 10.0 Å². The summed E-state index contributed by atoms with van der Waals surface area (Å²) in [7, 11) is -0.699. The van der Waals surface area contributed by atoms with Crippen molar-refractivity contribution in [2.75, 3.05) is 25.5 Å². The summed E-state index contributed by atoms with van der Waals surface area (Å²) >= 11 is 5.84. The standard InChI is InChI=1S/C25H27ClN2O6S/c1-16-13-21(35(30,31)28-20-8-6-19(26)7-9-20)10-12-22(16)34-15-25(29)27-17(2)18-5-11-23(32-3)24(14-18)33-4/h5-14,17,28H,15H2,1-4H3,(H,27,29). The second-order valence-corrected chi connectivity index (χ2v) is 9.85. The number of aryl methyl sites for hydroxylation is 1. The molecule has 35 heavy (non-hydrogen) atoms. The maximum atomic E-state index is 12.7. The number of rotatable bonds is 10. The Balaban J connectivity index is 1.60. The molecule has 10 heteroatoms. The quantitative estimate of drug-likeness (QED) is 0.402. The average Bonchev–Trinajstić information content (AvgIpc) is 2.84. The van der Waals surface area contributed by atoms with Crippen molar-refractivity contribution in [3.8, 4) is 17.2 Å². The minimum absolute atomic E-state index is 0.0730. The van der Waals surface area contributed by atoms with Crippen LogP contribution in [0.1, 0.15) is 24.1 Å². The molecule has 1 atom stereocenters. The van der Waals surface area contributed by atoms with Gasteiger partial charge in [-0.25, -0.2) is 8.42 Å². The van der Waals surface area contributed by atoms with Gasteiger partial charge in [-0.3, -0.25) is 9.52 Å². The van der Waals surface area contributed by atoms with Crippen LogP contribution in [-0.2, 0) is 14.8 Å². The molecule has 0 aliphatic carbocycles. The van der Waals surface area contributed by atoms with Gasteiger partial charge in [-0.2, -0.15) is 0 Å². The van der Waals surface area contributed by atoms with E-state index in [1.165, 1.54) is 18.2 Å². The van der Waals surface area contributed by atoms with Gasteiger partial charge in [0.25, 0.3) is 15.9 Å². The Morgan fingerprint density at radius 3 is 2.23 bits per heavy atom. The minimum Gasteiger partial charge on any atom is -0.493 e. The van der Waals surface area contributed by atoms with Crippen LogP contribution in [0.15, 0.2) is 65.6 Å². The number of amides is 1. The van der Waals surface area contributed by atoms with Crippen LogP contribution in [0.4, 0.5) is 5.69 Å². The zero-order valence-electron chi connectivity index (χ0n) is 19.8. The summed E-state index contributed by atoms with van der Waals surface area (Å²) in [5.74, 6) is 1.25. The minimum atomic E-state index is -3.80. The number of carbonyl (C=O) groups is 1. The van der Waals surface area contributed by atoms with Crippen molar-refractivity contribution in [2.45, 2.75) is 24.8 Å². The van der Waals surface area contributed by atoms with Gasteiger partial charge in [0.1, 0.15) is 5.75 Å². The molecule has 0 fully saturated rings. The molecular formula is C25H27ClN2O6S. The molecule has 186 valence electrons. The van der Waals surface area contributed by atoms with Crippen LogP contribution in [0.3, 0.4) is 0 Å². The molecule has 0 aromatic heterocycles. The number of hydrogen-bond acceptors (Lipinski definition) is 6. The topological polar surface area (TPSA) is 103 Å². The summed E-state index contributed by atoms with van der Waals surface area (Å²) in [6, 6.07) is 15.9. The van der Waals surface area contributed by atoms with E-state index in [9.17, 15) is 13.2 Å². The molecule has 3 aromatic carbocycles. The molecule has 0 bridgehead atoms. The molecule has 1 unspecified atom stereocenters. The first-order chi connectivity index (χ1) is 16.6. The number of sulfonamides is 1. The first kappa shape index (κ1) is 26.2. The number of halogens is 1. The highest BCUT2D eigenvalue weighted by Crippen LogP contribution is 2.30. The van der Waals surface area contributed by atoms with Crippen LogP contribution in [-0.4, -0.2) is 35.2 Å². The summed E-state index contributed by atoms with van der Waals surface area (Å²) in [6.45, 7) is 3.33. The van der Waals surface area contributed by atoms with Crippen LogP contribution in [0, 0.1) is 6.92 Å². The van der Waals surface area contributed by atoms with Gasteiger partial charge in [-0.1, -0.05) is 17.7 Å². The lowest BCUT2D eigenvalue weighted by molar-refractivity contribution is -0.123. The average molecular weight is 519 g/mol. The van der Waals surface area contributed by atoms with Gasteiger partial charge in [-0.05, 0) is 79.6 Å². The molecule has 0 saturated carbocycles. The molecule has 0 radical (unpaired) electrons. The van der Waals surface area contributed by atoms with Crippen LogP contribution < -0.4 is 24.2 Å². The lowest BCUT2D eigenvalue weighted by Crippen LogP contribution is -2.31. The number of nitrogens with one attached hydrogen (secondary N) is 2. The number of hydrogen-bond donors (Lipinski definition) is 2. The van der Waals surface area contributed by atoms with Crippen molar-refractivity contribution in [3.63, 3.8) is 0 Å². The van der Waals surface area contributed by atoms with Gasteiger partial charge < -0.3 is 19.5 Å². The molecule has 1 amide bonds. The smallest absolute Gasteiger partial charge is 0.261 e. The van der Waals surface area contributed by atoms with E-state index >= 15 is 0 Å².